The molecule has 0 aliphatic rings. The first-order valence-electron chi connectivity index (χ1n) is 8.02. The summed E-state index contributed by atoms with van der Waals surface area (Å²) in [7, 11) is 0. The van der Waals surface area contributed by atoms with Crippen molar-refractivity contribution in [2.24, 2.45) is 5.92 Å². The van der Waals surface area contributed by atoms with Crippen molar-refractivity contribution in [3.8, 4) is 11.3 Å². The molecule has 0 spiro atoms. The van der Waals surface area contributed by atoms with E-state index in [1.54, 1.807) is 13.8 Å². The normalized spacial score (nSPS) is 11.5. The van der Waals surface area contributed by atoms with Gasteiger partial charge in [0.25, 0.3) is 5.91 Å². The summed E-state index contributed by atoms with van der Waals surface area (Å²) in [5.74, 6) is -0.640. The highest BCUT2D eigenvalue weighted by Crippen LogP contribution is 2.32. The number of alkyl halides is 3. The van der Waals surface area contributed by atoms with E-state index >= 15 is 0 Å². The van der Waals surface area contributed by atoms with Gasteiger partial charge in [-0.1, -0.05) is 26.0 Å². The highest BCUT2D eigenvalue weighted by Gasteiger charge is 2.30. The number of nitrogens with one attached hydrogen (secondary N) is 2. The molecule has 2 aromatic rings. The first kappa shape index (κ1) is 19.6. The van der Waals surface area contributed by atoms with Crippen LogP contribution in [0.15, 0.2) is 40.8 Å². The van der Waals surface area contributed by atoms with E-state index in [1.165, 1.54) is 24.3 Å². The minimum absolute atomic E-state index is 0.0207. The molecule has 2 rings (SSSR count). The Kier molecular flexibility index (Phi) is 6.07. The zero-order valence-corrected chi connectivity index (χ0v) is 14.3. The van der Waals surface area contributed by atoms with Crippen LogP contribution in [0.1, 0.15) is 30.0 Å². The second-order valence-corrected chi connectivity index (χ2v) is 5.94. The van der Waals surface area contributed by atoms with Gasteiger partial charge in [0.2, 0.25) is 5.91 Å². The number of hydrogen-bond acceptors (Lipinski definition) is 3. The molecular formula is C18H19F3N2O3. The summed E-state index contributed by atoms with van der Waals surface area (Å²) in [6, 6.07) is 7.49. The number of hydrogen-bond donors (Lipinski definition) is 2. The van der Waals surface area contributed by atoms with Gasteiger partial charge >= 0.3 is 6.18 Å². The molecule has 0 saturated carbocycles. The molecule has 0 unspecified atom stereocenters. The molecule has 2 amide bonds. The Bertz CT molecular complexity index is 782. The van der Waals surface area contributed by atoms with Crippen LogP contribution >= 0.6 is 0 Å². The summed E-state index contributed by atoms with van der Waals surface area (Å²) < 4.78 is 43.7. The van der Waals surface area contributed by atoms with Gasteiger partial charge in [-0.05, 0) is 24.3 Å². The third-order valence-corrected chi connectivity index (χ3v) is 3.54. The van der Waals surface area contributed by atoms with Crippen LogP contribution in [0, 0.1) is 5.92 Å². The fraction of sp³-hybridized carbons (Fsp3) is 0.333. The largest absolute Gasteiger partial charge is 0.451 e. The van der Waals surface area contributed by atoms with Crippen molar-refractivity contribution in [3.63, 3.8) is 0 Å². The summed E-state index contributed by atoms with van der Waals surface area (Å²) in [6.07, 6.45) is -4.46. The minimum atomic E-state index is -4.46. The predicted molar refractivity (Wildman–Crippen MR) is 89.3 cm³/mol. The number of amides is 2. The zero-order chi connectivity index (χ0) is 19.3. The molecule has 5 nitrogen and oxygen atoms in total. The van der Waals surface area contributed by atoms with Gasteiger partial charge < -0.3 is 15.1 Å². The Balaban J connectivity index is 1.97. The van der Waals surface area contributed by atoms with Gasteiger partial charge in [-0.2, -0.15) is 13.2 Å². The maximum absolute atomic E-state index is 12.8. The van der Waals surface area contributed by atoms with Crippen LogP contribution in [0.3, 0.4) is 0 Å². The Morgan fingerprint density at radius 3 is 2.42 bits per heavy atom. The monoisotopic (exact) mass is 368 g/mol. The van der Waals surface area contributed by atoms with Crippen molar-refractivity contribution < 1.29 is 27.2 Å². The van der Waals surface area contributed by atoms with Crippen molar-refractivity contribution in [3.05, 3.63) is 47.7 Å². The van der Waals surface area contributed by atoms with E-state index in [9.17, 15) is 22.8 Å². The van der Waals surface area contributed by atoms with Gasteiger partial charge in [-0.3, -0.25) is 9.59 Å². The smallest absolute Gasteiger partial charge is 0.416 e. The number of carbonyl (C=O) groups excluding carboxylic acids is 2. The average Bonchev–Trinajstić information content (AvgIpc) is 3.07. The van der Waals surface area contributed by atoms with Crippen LogP contribution in [0.25, 0.3) is 11.3 Å². The lowest BCUT2D eigenvalue weighted by molar-refractivity contribution is -0.137. The Morgan fingerprint density at radius 1 is 1.08 bits per heavy atom. The lowest BCUT2D eigenvalue weighted by Gasteiger charge is -2.08. The first-order valence-corrected chi connectivity index (χ1v) is 8.02. The van der Waals surface area contributed by atoms with E-state index in [0.29, 0.717) is 0 Å². The molecule has 0 saturated heterocycles. The molecule has 0 fully saturated rings. The second kappa shape index (κ2) is 8.07. The molecule has 1 aromatic carbocycles. The molecule has 140 valence electrons. The van der Waals surface area contributed by atoms with Gasteiger partial charge in [0, 0.05) is 24.6 Å². The molecule has 2 N–H and O–H groups in total. The van der Waals surface area contributed by atoms with Crippen molar-refractivity contribution in [1.29, 1.82) is 0 Å². The molecule has 0 radical (unpaired) electrons. The summed E-state index contributed by atoms with van der Waals surface area (Å²) in [5.41, 5.74) is -0.568. The van der Waals surface area contributed by atoms with Gasteiger partial charge in [-0.25, -0.2) is 0 Å². The number of benzene rings is 1. The molecule has 0 atom stereocenters. The van der Waals surface area contributed by atoms with Crippen molar-refractivity contribution in [2.75, 3.05) is 13.1 Å². The van der Waals surface area contributed by atoms with Gasteiger partial charge in [0.15, 0.2) is 5.76 Å². The lowest BCUT2D eigenvalue weighted by Crippen LogP contribution is -2.36. The van der Waals surface area contributed by atoms with Crippen molar-refractivity contribution >= 4 is 11.8 Å². The van der Waals surface area contributed by atoms with Crippen molar-refractivity contribution in [1.82, 2.24) is 10.6 Å². The standard InChI is InChI=1S/C18H19F3N2O3/c1-11(2)16(24)22-8-9-23-17(25)15-7-6-14(26-15)12-4-3-5-13(10-12)18(19,20)21/h3-7,10-11H,8-9H2,1-2H3,(H,22,24)(H,23,25). The van der Waals surface area contributed by atoms with Crippen molar-refractivity contribution in [2.45, 2.75) is 20.0 Å². The molecule has 1 aromatic heterocycles. The maximum Gasteiger partial charge on any atom is 0.416 e. The highest BCUT2D eigenvalue weighted by atomic mass is 19.4. The van der Waals surface area contributed by atoms with E-state index < -0.39 is 17.6 Å². The zero-order valence-electron chi connectivity index (χ0n) is 14.3. The topological polar surface area (TPSA) is 71.3 Å². The molecule has 0 bridgehead atoms. The minimum Gasteiger partial charge on any atom is -0.451 e. The predicted octanol–water partition coefficient (Wildman–Crippen LogP) is 3.47. The van der Waals surface area contributed by atoms with E-state index in [-0.39, 0.29) is 42.0 Å². The Labute approximate surface area is 148 Å². The van der Waals surface area contributed by atoms with Crippen LogP contribution in [-0.2, 0) is 11.0 Å². The van der Waals surface area contributed by atoms with E-state index in [2.05, 4.69) is 10.6 Å². The molecule has 8 heteroatoms. The van der Waals surface area contributed by atoms with E-state index in [1.807, 2.05) is 0 Å². The van der Waals surface area contributed by atoms with Crippen LogP contribution in [0.5, 0.6) is 0 Å². The van der Waals surface area contributed by atoms with Crippen LogP contribution < -0.4 is 10.6 Å². The first-order chi connectivity index (χ1) is 12.2. The number of carbonyl (C=O) groups is 2. The summed E-state index contributed by atoms with van der Waals surface area (Å²) >= 11 is 0. The SMILES string of the molecule is CC(C)C(=O)NCCNC(=O)c1ccc(-c2cccc(C(F)(F)F)c2)o1. The molecule has 0 aliphatic carbocycles. The third-order valence-electron chi connectivity index (χ3n) is 3.54. The lowest BCUT2D eigenvalue weighted by atomic mass is 10.1. The number of halogens is 3. The average molecular weight is 368 g/mol. The van der Waals surface area contributed by atoms with E-state index in [0.717, 1.165) is 12.1 Å². The van der Waals surface area contributed by atoms with E-state index in [4.69, 9.17) is 4.42 Å². The summed E-state index contributed by atoms with van der Waals surface area (Å²) in [5, 5.41) is 5.22. The number of furan rings is 1. The third kappa shape index (κ3) is 5.11. The highest BCUT2D eigenvalue weighted by molar-refractivity contribution is 5.92. The Morgan fingerprint density at radius 2 is 1.77 bits per heavy atom. The molecule has 0 aliphatic heterocycles. The van der Waals surface area contributed by atoms with Gasteiger partial charge in [-0.15, -0.1) is 0 Å². The van der Waals surface area contributed by atoms with Gasteiger partial charge in [0.05, 0.1) is 5.56 Å². The second-order valence-electron chi connectivity index (χ2n) is 5.94. The summed E-state index contributed by atoms with van der Waals surface area (Å²) in [4.78, 5) is 23.4. The summed E-state index contributed by atoms with van der Waals surface area (Å²) in [6.45, 7) is 3.99. The fourth-order valence-electron chi connectivity index (χ4n) is 2.12. The molecule has 26 heavy (non-hydrogen) atoms. The van der Waals surface area contributed by atoms with Gasteiger partial charge in [0.1, 0.15) is 5.76 Å². The quantitative estimate of drug-likeness (QED) is 0.767. The molecule has 1 heterocycles. The van der Waals surface area contributed by atoms with Crippen LogP contribution in [0.4, 0.5) is 13.2 Å². The maximum atomic E-state index is 12.8. The molecular weight excluding hydrogens is 349 g/mol. The van der Waals surface area contributed by atoms with Crippen LogP contribution in [-0.4, -0.2) is 24.9 Å². The fourth-order valence-corrected chi connectivity index (χ4v) is 2.12. The Hall–Kier alpha value is -2.77. The van der Waals surface area contributed by atoms with Crippen LogP contribution in [0.2, 0.25) is 0 Å². The number of rotatable bonds is 6.